The molecule has 0 radical (unpaired) electrons. The molecule has 0 unspecified atom stereocenters. The van der Waals surface area contributed by atoms with Crippen LogP contribution in [0.1, 0.15) is 33.1 Å². The van der Waals surface area contributed by atoms with Crippen LogP contribution in [0, 0.1) is 5.92 Å². The summed E-state index contributed by atoms with van der Waals surface area (Å²) in [6, 6.07) is 0. The van der Waals surface area contributed by atoms with Crippen molar-refractivity contribution in [3.05, 3.63) is 0 Å². The van der Waals surface area contributed by atoms with Gasteiger partial charge in [-0.3, -0.25) is 4.90 Å². The number of hydrogen-bond acceptors (Lipinski definition) is 3. The van der Waals surface area contributed by atoms with E-state index in [1.54, 1.807) is 0 Å². The Balaban J connectivity index is 2.14. The van der Waals surface area contributed by atoms with Gasteiger partial charge in [0.1, 0.15) is 0 Å². The van der Waals surface area contributed by atoms with Gasteiger partial charge in [-0.05, 0) is 44.8 Å². The Bertz CT molecular complexity index is 173. The van der Waals surface area contributed by atoms with Crippen LogP contribution < -0.4 is 0 Å². The van der Waals surface area contributed by atoms with Crippen molar-refractivity contribution in [2.45, 2.75) is 33.1 Å². The van der Waals surface area contributed by atoms with Crippen LogP contribution in [-0.4, -0.2) is 60.8 Å². The van der Waals surface area contributed by atoms with Gasteiger partial charge in [0.05, 0.1) is 6.61 Å². The molecule has 1 aliphatic rings. The van der Waals surface area contributed by atoms with Gasteiger partial charge in [-0.15, -0.1) is 0 Å². The van der Waals surface area contributed by atoms with E-state index in [1.165, 1.54) is 38.9 Å². The molecule has 0 bridgehead atoms. The van der Waals surface area contributed by atoms with Crippen LogP contribution in [0.2, 0.25) is 0 Å². The van der Waals surface area contributed by atoms with E-state index >= 15 is 0 Å². The molecule has 1 fully saturated rings. The van der Waals surface area contributed by atoms with Crippen LogP contribution in [0.5, 0.6) is 0 Å². The fourth-order valence-corrected chi connectivity index (χ4v) is 2.34. The largest absolute Gasteiger partial charge is 0.395 e. The second-order valence-corrected chi connectivity index (χ2v) is 5.30. The van der Waals surface area contributed by atoms with E-state index in [0.717, 1.165) is 25.6 Å². The summed E-state index contributed by atoms with van der Waals surface area (Å²) in [6.45, 7) is 11.7. The Labute approximate surface area is 100 Å². The summed E-state index contributed by atoms with van der Waals surface area (Å²) in [5, 5.41) is 8.92. The first-order valence-corrected chi connectivity index (χ1v) is 6.78. The standard InChI is InChI=1S/C13H28N2O/c1-13(2)5-3-6-14-7-4-8-15(10-9-14)11-12-16/h13,16H,3-12H2,1-2H3. The topological polar surface area (TPSA) is 26.7 Å². The molecule has 0 aromatic rings. The molecule has 1 heterocycles. The van der Waals surface area contributed by atoms with Crippen molar-refractivity contribution in [2.24, 2.45) is 5.92 Å². The average molecular weight is 228 g/mol. The summed E-state index contributed by atoms with van der Waals surface area (Å²) in [4.78, 5) is 4.96. The van der Waals surface area contributed by atoms with E-state index in [4.69, 9.17) is 5.11 Å². The lowest BCUT2D eigenvalue weighted by molar-refractivity contribution is 0.196. The molecule has 1 aliphatic heterocycles. The van der Waals surface area contributed by atoms with Gasteiger partial charge in [0, 0.05) is 19.6 Å². The highest BCUT2D eigenvalue weighted by molar-refractivity contribution is 4.69. The number of rotatable bonds is 6. The Kier molecular flexibility index (Phi) is 7.01. The third kappa shape index (κ3) is 5.83. The van der Waals surface area contributed by atoms with Crippen molar-refractivity contribution < 1.29 is 5.11 Å². The van der Waals surface area contributed by atoms with Gasteiger partial charge in [-0.2, -0.15) is 0 Å². The average Bonchev–Trinajstić information content (AvgIpc) is 2.44. The zero-order valence-electron chi connectivity index (χ0n) is 11.0. The van der Waals surface area contributed by atoms with Gasteiger partial charge in [0.15, 0.2) is 0 Å². The normalized spacial score (nSPS) is 20.2. The maximum absolute atomic E-state index is 8.92. The van der Waals surface area contributed by atoms with Crippen LogP contribution in [0.25, 0.3) is 0 Å². The Hall–Kier alpha value is -0.120. The predicted octanol–water partition coefficient (Wildman–Crippen LogP) is 1.42. The minimum absolute atomic E-state index is 0.299. The molecular weight excluding hydrogens is 200 g/mol. The van der Waals surface area contributed by atoms with Crippen LogP contribution in [-0.2, 0) is 0 Å². The fraction of sp³-hybridized carbons (Fsp3) is 1.00. The van der Waals surface area contributed by atoms with Crippen molar-refractivity contribution in [1.82, 2.24) is 9.80 Å². The lowest BCUT2D eigenvalue weighted by atomic mass is 10.1. The quantitative estimate of drug-likeness (QED) is 0.745. The van der Waals surface area contributed by atoms with Gasteiger partial charge in [-0.1, -0.05) is 13.8 Å². The zero-order chi connectivity index (χ0) is 11.8. The predicted molar refractivity (Wildman–Crippen MR) is 68.7 cm³/mol. The minimum atomic E-state index is 0.299. The molecule has 0 aromatic carbocycles. The number of nitrogens with zero attached hydrogens (tertiary/aromatic N) is 2. The van der Waals surface area contributed by atoms with E-state index in [1.807, 2.05) is 0 Å². The first kappa shape index (κ1) is 13.9. The summed E-state index contributed by atoms with van der Waals surface area (Å²) in [5.41, 5.74) is 0. The molecule has 0 amide bonds. The van der Waals surface area contributed by atoms with Gasteiger partial charge < -0.3 is 10.0 Å². The molecule has 3 nitrogen and oxygen atoms in total. The SMILES string of the molecule is CC(C)CCCN1CCCN(CCO)CC1. The molecule has 1 rings (SSSR count). The van der Waals surface area contributed by atoms with Crippen molar-refractivity contribution in [3.8, 4) is 0 Å². The van der Waals surface area contributed by atoms with Crippen molar-refractivity contribution in [1.29, 1.82) is 0 Å². The monoisotopic (exact) mass is 228 g/mol. The molecule has 0 spiro atoms. The summed E-state index contributed by atoms with van der Waals surface area (Å²) >= 11 is 0. The molecule has 1 saturated heterocycles. The van der Waals surface area contributed by atoms with E-state index in [2.05, 4.69) is 23.6 Å². The van der Waals surface area contributed by atoms with Crippen LogP contribution >= 0.6 is 0 Å². The molecule has 3 heteroatoms. The van der Waals surface area contributed by atoms with Crippen molar-refractivity contribution >= 4 is 0 Å². The van der Waals surface area contributed by atoms with Crippen LogP contribution in [0.4, 0.5) is 0 Å². The lowest BCUT2D eigenvalue weighted by Gasteiger charge is -2.21. The molecule has 0 aromatic heterocycles. The van der Waals surface area contributed by atoms with E-state index in [-0.39, 0.29) is 0 Å². The third-order valence-electron chi connectivity index (χ3n) is 3.35. The maximum Gasteiger partial charge on any atom is 0.0558 e. The second kappa shape index (κ2) is 8.04. The minimum Gasteiger partial charge on any atom is -0.395 e. The van der Waals surface area contributed by atoms with Gasteiger partial charge in [0.25, 0.3) is 0 Å². The zero-order valence-corrected chi connectivity index (χ0v) is 11.0. The van der Waals surface area contributed by atoms with E-state index in [0.29, 0.717) is 6.61 Å². The molecule has 96 valence electrons. The Morgan fingerprint density at radius 3 is 2.19 bits per heavy atom. The molecule has 0 aliphatic carbocycles. The maximum atomic E-state index is 8.92. The van der Waals surface area contributed by atoms with Gasteiger partial charge in [-0.25, -0.2) is 0 Å². The van der Waals surface area contributed by atoms with Crippen LogP contribution in [0.3, 0.4) is 0 Å². The molecule has 0 saturated carbocycles. The number of hydrogen-bond donors (Lipinski definition) is 1. The Morgan fingerprint density at radius 2 is 1.62 bits per heavy atom. The molecular formula is C13H28N2O. The Morgan fingerprint density at radius 1 is 1.00 bits per heavy atom. The smallest absolute Gasteiger partial charge is 0.0558 e. The summed E-state index contributed by atoms with van der Waals surface area (Å²) in [6.07, 6.45) is 3.93. The highest BCUT2D eigenvalue weighted by atomic mass is 16.3. The van der Waals surface area contributed by atoms with Crippen LogP contribution in [0.15, 0.2) is 0 Å². The number of β-amino-alcohol motifs (C(OH)–C–C–N with tert-alkyl or cyclic N) is 1. The van der Waals surface area contributed by atoms with Gasteiger partial charge in [0.2, 0.25) is 0 Å². The lowest BCUT2D eigenvalue weighted by Crippen LogP contribution is -2.32. The third-order valence-corrected chi connectivity index (χ3v) is 3.35. The van der Waals surface area contributed by atoms with E-state index in [9.17, 15) is 0 Å². The van der Waals surface area contributed by atoms with Gasteiger partial charge >= 0.3 is 0 Å². The molecule has 0 atom stereocenters. The summed E-state index contributed by atoms with van der Waals surface area (Å²) in [5.74, 6) is 0.831. The highest BCUT2D eigenvalue weighted by Gasteiger charge is 2.13. The first-order valence-electron chi connectivity index (χ1n) is 6.78. The van der Waals surface area contributed by atoms with Crippen molar-refractivity contribution in [3.63, 3.8) is 0 Å². The summed E-state index contributed by atoms with van der Waals surface area (Å²) < 4.78 is 0. The number of aliphatic hydroxyl groups excluding tert-OH is 1. The molecule has 1 N–H and O–H groups in total. The van der Waals surface area contributed by atoms with E-state index < -0.39 is 0 Å². The first-order chi connectivity index (χ1) is 7.72. The van der Waals surface area contributed by atoms with Crippen molar-refractivity contribution in [2.75, 3.05) is 45.9 Å². The second-order valence-electron chi connectivity index (χ2n) is 5.30. The highest BCUT2D eigenvalue weighted by Crippen LogP contribution is 2.07. The molecule has 16 heavy (non-hydrogen) atoms. The fourth-order valence-electron chi connectivity index (χ4n) is 2.34. The summed E-state index contributed by atoms with van der Waals surface area (Å²) in [7, 11) is 0. The number of aliphatic hydroxyl groups is 1.